The summed E-state index contributed by atoms with van der Waals surface area (Å²) in [6.07, 6.45) is 4.01. The van der Waals surface area contributed by atoms with Crippen LogP contribution in [0.15, 0.2) is 0 Å². The smallest absolute Gasteiger partial charge is 0.162 e. The number of hydrogen-bond donors (Lipinski definition) is 2. The largest absolute Gasteiger partial charge is 0.370 e. The number of anilines is 1. The summed E-state index contributed by atoms with van der Waals surface area (Å²) in [7, 11) is 1.73. The van der Waals surface area contributed by atoms with Gasteiger partial charge in [-0.05, 0) is 32.6 Å². The van der Waals surface area contributed by atoms with Crippen molar-refractivity contribution in [2.24, 2.45) is 5.84 Å². The first kappa shape index (κ1) is 12.3. The number of aromatic nitrogens is 2. The highest BCUT2D eigenvalue weighted by atomic mass is 16.5. The molecule has 0 aliphatic heterocycles. The van der Waals surface area contributed by atoms with Crippen LogP contribution in [0.2, 0.25) is 0 Å². The zero-order valence-corrected chi connectivity index (χ0v) is 10.7. The number of hydrogen-bond acceptors (Lipinski definition) is 5. The van der Waals surface area contributed by atoms with Gasteiger partial charge in [0.25, 0.3) is 0 Å². The van der Waals surface area contributed by atoms with Crippen LogP contribution in [0.5, 0.6) is 0 Å². The molecule has 0 spiro atoms. The van der Waals surface area contributed by atoms with Gasteiger partial charge >= 0.3 is 0 Å². The molecule has 2 rings (SSSR count). The van der Waals surface area contributed by atoms with Gasteiger partial charge in [-0.25, -0.2) is 15.8 Å². The van der Waals surface area contributed by atoms with E-state index >= 15 is 0 Å². The summed E-state index contributed by atoms with van der Waals surface area (Å²) >= 11 is 0. The van der Waals surface area contributed by atoms with E-state index in [1.165, 1.54) is 0 Å². The van der Waals surface area contributed by atoms with Crippen LogP contribution in [0.25, 0.3) is 0 Å². The molecule has 0 radical (unpaired) electrons. The number of nitrogens with zero attached hydrogens (tertiary/aromatic N) is 2. The van der Waals surface area contributed by atoms with Gasteiger partial charge in [0.1, 0.15) is 11.4 Å². The SMILES string of the molecule is CCc1nc(C2(OC)CCC2)nc(NN)c1C. The fraction of sp³-hybridized carbons (Fsp3) is 0.667. The lowest BCUT2D eigenvalue weighted by Gasteiger charge is -2.39. The Kier molecular flexibility index (Phi) is 3.31. The normalized spacial score (nSPS) is 17.6. The van der Waals surface area contributed by atoms with Crippen molar-refractivity contribution < 1.29 is 4.74 Å². The summed E-state index contributed by atoms with van der Waals surface area (Å²) in [5, 5.41) is 0. The minimum Gasteiger partial charge on any atom is -0.370 e. The molecule has 5 nitrogen and oxygen atoms in total. The molecule has 1 heterocycles. The van der Waals surface area contributed by atoms with Gasteiger partial charge in [-0.2, -0.15) is 0 Å². The van der Waals surface area contributed by atoms with Crippen LogP contribution in [0, 0.1) is 6.92 Å². The van der Waals surface area contributed by atoms with Crippen molar-refractivity contribution in [3.63, 3.8) is 0 Å². The second kappa shape index (κ2) is 4.58. The average Bonchev–Trinajstić information content (AvgIpc) is 2.30. The highest BCUT2D eigenvalue weighted by Crippen LogP contribution is 2.43. The summed E-state index contributed by atoms with van der Waals surface area (Å²) in [6, 6.07) is 0. The molecule has 1 saturated carbocycles. The van der Waals surface area contributed by atoms with Crippen molar-refractivity contribution in [2.75, 3.05) is 12.5 Å². The number of methoxy groups -OCH3 is 1. The molecule has 0 aromatic carbocycles. The Balaban J connectivity index is 2.47. The molecule has 1 aromatic rings. The third kappa shape index (κ3) is 1.89. The van der Waals surface area contributed by atoms with Crippen molar-refractivity contribution in [1.29, 1.82) is 0 Å². The Bertz CT molecular complexity index is 384. The van der Waals surface area contributed by atoms with Crippen LogP contribution < -0.4 is 11.3 Å². The summed E-state index contributed by atoms with van der Waals surface area (Å²) in [4.78, 5) is 9.12. The molecule has 0 atom stereocenters. The highest BCUT2D eigenvalue weighted by Gasteiger charge is 2.42. The minimum atomic E-state index is -0.288. The Morgan fingerprint density at radius 3 is 2.53 bits per heavy atom. The molecule has 0 amide bonds. The molecule has 0 bridgehead atoms. The van der Waals surface area contributed by atoms with E-state index in [0.29, 0.717) is 5.82 Å². The molecule has 17 heavy (non-hydrogen) atoms. The van der Waals surface area contributed by atoms with E-state index in [1.807, 2.05) is 6.92 Å². The number of aryl methyl sites for hydroxylation is 1. The third-order valence-electron chi connectivity index (χ3n) is 3.68. The van der Waals surface area contributed by atoms with Gasteiger partial charge in [0.15, 0.2) is 5.82 Å². The van der Waals surface area contributed by atoms with Crippen LogP contribution in [0.4, 0.5) is 5.82 Å². The molecule has 1 aliphatic rings. The first-order valence-corrected chi connectivity index (χ1v) is 6.06. The van der Waals surface area contributed by atoms with E-state index in [2.05, 4.69) is 22.3 Å². The van der Waals surface area contributed by atoms with Crippen molar-refractivity contribution >= 4 is 5.82 Å². The molecule has 0 saturated heterocycles. The Labute approximate surface area is 102 Å². The lowest BCUT2D eigenvalue weighted by molar-refractivity contribution is -0.0847. The molecule has 1 fully saturated rings. The number of nitrogens with one attached hydrogen (secondary N) is 1. The third-order valence-corrected chi connectivity index (χ3v) is 3.68. The van der Waals surface area contributed by atoms with E-state index in [-0.39, 0.29) is 5.60 Å². The molecule has 1 aromatic heterocycles. The van der Waals surface area contributed by atoms with E-state index in [0.717, 1.165) is 42.8 Å². The average molecular weight is 236 g/mol. The lowest BCUT2D eigenvalue weighted by atomic mass is 9.79. The standard InChI is InChI=1S/C12H20N4O/c1-4-9-8(2)10(16-13)15-11(14-9)12(17-3)6-5-7-12/h4-7,13H2,1-3H3,(H,14,15,16). The summed E-state index contributed by atoms with van der Waals surface area (Å²) in [6.45, 7) is 4.07. The van der Waals surface area contributed by atoms with Crippen LogP contribution >= 0.6 is 0 Å². The van der Waals surface area contributed by atoms with Crippen LogP contribution in [0.1, 0.15) is 43.3 Å². The first-order chi connectivity index (χ1) is 8.16. The maximum Gasteiger partial charge on any atom is 0.162 e. The van der Waals surface area contributed by atoms with Crippen molar-refractivity contribution in [3.8, 4) is 0 Å². The lowest BCUT2D eigenvalue weighted by Crippen LogP contribution is -2.38. The second-order valence-corrected chi connectivity index (χ2v) is 4.52. The summed E-state index contributed by atoms with van der Waals surface area (Å²) in [5.74, 6) is 6.98. The van der Waals surface area contributed by atoms with E-state index in [9.17, 15) is 0 Å². The van der Waals surface area contributed by atoms with Gasteiger partial charge in [-0.15, -0.1) is 0 Å². The van der Waals surface area contributed by atoms with Gasteiger partial charge in [-0.1, -0.05) is 6.92 Å². The van der Waals surface area contributed by atoms with Gasteiger partial charge in [-0.3, -0.25) is 0 Å². The van der Waals surface area contributed by atoms with Crippen molar-refractivity contribution in [2.45, 2.75) is 45.1 Å². The van der Waals surface area contributed by atoms with Crippen LogP contribution in [0.3, 0.4) is 0 Å². The van der Waals surface area contributed by atoms with E-state index in [4.69, 9.17) is 10.6 Å². The molecule has 5 heteroatoms. The molecule has 3 N–H and O–H groups in total. The molecular formula is C12H20N4O. The van der Waals surface area contributed by atoms with Gasteiger partial charge in [0, 0.05) is 18.4 Å². The van der Waals surface area contributed by atoms with Gasteiger partial charge in [0.05, 0.1) is 0 Å². The minimum absolute atomic E-state index is 0.288. The number of nitrogens with two attached hydrogens (primary N) is 1. The maximum atomic E-state index is 5.61. The quantitative estimate of drug-likeness (QED) is 0.614. The topological polar surface area (TPSA) is 73.1 Å². The highest BCUT2D eigenvalue weighted by molar-refractivity contribution is 5.45. The summed E-state index contributed by atoms with van der Waals surface area (Å²) < 4.78 is 5.61. The maximum absolute atomic E-state index is 5.61. The van der Waals surface area contributed by atoms with E-state index in [1.54, 1.807) is 7.11 Å². The predicted octanol–water partition coefficient (Wildman–Crippen LogP) is 1.66. The molecule has 1 aliphatic carbocycles. The van der Waals surface area contributed by atoms with Gasteiger partial charge < -0.3 is 10.2 Å². The zero-order valence-electron chi connectivity index (χ0n) is 10.7. The Hall–Kier alpha value is -1.20. The van der Waals surface area contributed by atoms with E-state index < -0.39 is 0 Å². The summed E-state index contributed by atoms with van der Waals surface area (Å²) in [5.41, 5.74) is 4.41. The number of hydrazine groups is 1. The Morgan fingerprint density at radius 1 is 1.41 bits per heavy atom. The zero-order chi connectivity index (χ0) is 12.5. The monoisotopic (exact) mass is 236 g/mol. The first-order valence-electron chi connectivity index (χ1n) is 6.06. The molecular weight excluding hydrogens is 216 g/mol. The van der Waals surface area contributed by atoms with Crippen molar-refractivity contribution in [1.82, 2.24) is 9.97 Å². The second-order valence-electron chi connectivity index (χ2n) is 4.52. The molecule has 0 unspecified atom stereocenters. The number of rotatable bonds is 4. The van der Waals surface area contributed by atoms with Crippen LogP contribution in [-0.4, -0.2) is 17.1 Å². The molecule has 94 valence electrons. The van der Waals surface area contributed by atoms with Crippen LogP contribution in [-0.2, 0) is 16.8 Å². The predicted molar refractivity (Wildman–Crippen MR) is 66.5 cm³/mol. The fourth-order valence-electron chi connectivity index (χ4n) is 2.27. The Morgan fingerprint density at radius 2 is 2.12 bits per heavy atom. The van der Waals surface area contributed by atoms with Crippen molar-refractivity contribution in [3.05, 3.63) is 17.1 Å². The number of ether oxygens (including phenoxy) is 1. The fourth-order valence-corrected chi connectivity index (χ4v) is 2.27. The number of nitrogen functional groups attached to an aromatic ring is 1. The van der Waals surface area contributed by atoms with Gasteiger partial charge in [0.2, 0.25) is 0 Å².